The van der Waals surface area contributed by atoms with Crippen molar-refractivity contribution in [1.82, 2.24) is 10.2 Å². The molecule has 1 aliphatic heterocycles. The Hall–Kier alpha value is -1.35. The predicted octanol–water partition coefficient (Wildman–Crippen LogP) is 3.17. The Balaban J connectivity index is 1.42. The normalized spacial score (nSPS) is 21.6. The second kappa shape index (κ2) is 7.28. The monoisotopic (exact) mass is 300 g/mol. The quantitative estimate of drug-likeness (QED) is 0.847. The van der Waals surface area contributed by atoms with Crippen molar-refractivity contribution in [3.63, 3.8) is 0 Å². The first kappa shape index (κ1) is 15.5. The lowest BCUT2D eigenvalue weighted by Crippen LogP contribution is -2.39. The van der Waals surface area contributed by atoms with E-state index in [1.807, 2.05) is 6.07 Å². The molecule has 3 nitrogen and oxygen atoms in total. The molecule has 0 radical (unpaired) electrons. The molecule has 1 heterocycles. The standard InChI is InChI=1S/C19H28N2O/c1-15-6-2-3-12-21(15)13-5-11-20-19(22)18-10-9-16-7-4-8-17(16)14-18/h9-10,14-15H,2-8,11-13H2,1H3,(H,20,22)/t15-/m1/s1. The maximum Gasteiger partial charge on any atom is 0.251 e. The van der Waals surface area contributed by atoms with Gasteiger partial charge in [0.05, 0.1) is 0 Å². The first-order chi connectivity index (χ1) is 10.7. The maximum atomic E-state index is 12.2. The van der Waals surface area contributed by atoms with Crippen molar-refractivity contribution in [2.75, 3.05) is 19.6 Å². The molecule has 1 aromatic carbocycles. The highest BCUT2D eigenvalue weighted by molar-refractivity contribution is 5.94. The summed E-state index contributed by atoms with van der Waals surface area (Å²) in [5.74, 6) is 0.0846. The van der Waals surface area contributed by atoms with Crippen LogP contribution in [0.5, 0.6) is 0 Å². The second-order valence-corrected chi connectivity index (χ2v) is 6.83. The SMILES string of the molecule is C[C@@H]1CCCCN1CCCNC(=O)c1ccc2c(c1)CCC2. The van der Waals surface area contributed by atoms with Crippen LogP contribution in [0.4, 0.5) is 0 Å². The Labute approximate surface area is 134 Å². The molecule has 2 aliphatic rings. The number of hydrogen-bond acceptors (Lipinski definition) is 2. The number of carbonyl (C=O) groups is 1. The molecule has 1 N–H and O–H groups in total. The third-order valence-electron chi connectivity index (χ3n) is 5.21. The molecule has 0 spiro atoms. The minimum Gasteiger partial charge on any atom is -0.352 e. The largest absolute Gasteiger partial charge is 0.352 e. The molecule has 1 amide bonds. The van der Waals surface area contributed by atoms with Gasteiger partial charge in [-0.25, -0.2) is 0 Å². The number of nitrogens with zero attached hydrogens (tertiary/aromatic N) is 1. The summed E-state index contributed by atoms with van der Waals surface area (Å²) in [6, 6.07) is 6.91. The van der Waals surface area contributed by atoms with Crippen molar-refractivity contribution in [3.8, 4) is 0 Å². The molecule has 0 saturated carbocycles. The molecule has 0 bridgehead atoms. The van der Waals surface area contributed by atoms with Gasteiger partial charge in [-0.3, -0.25) is 4.79 Å². The molecule has 3 heteroatoms. The summed E-state index contributed by atoms with van der Waals surface area (Å²) in [7, 11) is 0. The van der Waals surface area contributed by atoms with Crippen LogP contribution in [0.1, 0.15) is 60.5 Å². The number of nitrogens with one attached hydrogen (secondary N) is 1. The fourth-order valence-corrected chi connectivity index (χ4v) is 3.79. The molecule has 1 fully saturated rings. The Morgan fingerprint density at radius 2 is 2.09 bits per heavy atom. The van der Waals surface area contributed by atoms with Gasteiger partial charge in [0, 0.05) is 24.7 Å². The smallest absolute Gasteiger partial charge is 0.251 e. The molecule has 1 saturated heterocycles. The van der Waals surface area contributed by atoms with Gasteiger partial charge >= 0.3 is 0 Å². The maximum absolute atomic E-state index is 12.2. The summed E-state index contributed by atoms with van der Waals surface area (Å²) in [6.45, 7) is 5.42. The van der Waals surface area contributed by atoms with Crippen molar-refractivity contribution in [1.29, 1.82) is 0 Å². The van der Waals surface area contributed by atoms with Gasteiger partial charge in [0.1, 0.15) is 0 Å². The van der Waals surface area contributed by atoms with Crippen LogP contribution in [0.3, 0.4) is 0 Å². The van der Waals surface area contributed by atoms with Crippen molar-refractivity contribution in [3.05, 3.63) is 34.9 Å². The Kier molecular flexibility index (Phi) is 5.14. The van der Waals surface area contributed by atoms with Gasteiger partial charge < -0.3 is 10.2 Å². The van der Waals surface area contributed by atoms with Gasteiger partial charge in [-0.2, -0.15) is 0 Å². The minimum absolute atomic E-state index is 0.0846. The summed E-state index contributed by atoms with van der Waals surface area (Å²) >= 11 is 0. The molecular weight excluding hydrogens is 272 g/mol. The lowest BCUT2D eigenvalue weighted by Gasteiger charge is -2.33. The van der Waals surface area contributed by atoms with Gasteiger partial charge in [-0.05, 0) is 75.3 Å². The third kappa shape index (κ3) is 3.70. The van der Waals surface area contributed by atoms with Crippen molar-refractivity contribution in [2.24, 2.45) is 0 Å². The van der Waals surface area contributed by atoms with E-state index in [0.29, 0.717) is 6.04 Å². The topological polar surface area (TPSA) is 32.3 Å². The number of fused-ring (bicyclic) bond motifs is 1. The fraction of sp³-hybridized carbons (Fsp3) is 0.632. The average Bonchev–Trinajstić information content (AvgIpc) is 3.00. The van der Waals surface area contributed by atoms with E-state index in [1.165, 1.54) is 49.8 Å². The van der Waals surface area contributed by atoms with Crippen LogP contribution >= 0.6 is 0 Å². The van der Waals surface area contributed by atoms with Crippen molar-refractivity contribution in [2.45, 2.75) is 57.9 Å². The zero-order chi connectivity index (χ0) is 15.4. The number of rotatable bonds is 5. The number of hydrogen-bond donors (Lipinski definition) is 1. The van der Waals surface area contributed by atoms with E-state index >= 15 is 0 Å². The summed E-state index contributed by atoms with van der Waals surface area (Å²) in [4.78, 5) is 14.8. The lowest BCUT2D eigenvalue weighted by atomic mass is 10.0. The molecule has 0 aromatic heterocycles. The summed E-state index contributed by atoms with van der Waals surface area (Å²) < 4.78 is 0. The van der Waals surface area contributed by atoms with Crippen LogP contribution < -0.4 is 5.32 Å². The highest BCUT2D eigenvalue weighted by Gasteiger charge is 2.17. The fourth-order valence-electron chi connectivity index (χ4n) is 3.79. The highest BCUT2D eigenvalue weighted by Crippen LogP contribution is 2.22. The van der Waals surface area contributed by atoms with Crippen LogP contribution in [0.25, 0.3) is 0 Å². The van der Waals surface area contributed by atoms with E-state index in [-0.39, 0.29) is 5.91 Å². The molecule has 0 unspecified atom stereocenters. The second-order valence-electron chi connectivity index (χ2n) is 6.83. The molecule has 1 aromatic rings. The average molecular weight is 300 g/mol. The van der Waals surface area contributed by atoms with E-state index in [9.17, 15) is 4.79 Å². The van der Waals surface area contributed by atoms with E-state index < -0.39 is 0 Å². The Bertz CT molecular complexity index is 526. The van der Waals surface area contributed by atoms with Gasteiger partial charge in [0.15, 0.2) is 0 Å². The Morgan fingerprint density at radius 3 is 2.95 bits per heavy atom. The van der Waals surface area contributed by atoms with Gasteiger partial charge in [-0.15, -0.1) is 0 Å². The molecule has 1 aliphatic carbocycles. The summed E-state index contributed by atoms with van der Waals surface area (Å²) in [5.41, 5.74) is 3.62. The minimum atomic E-state index is 0.0846. The first-order valence-corrected chi connectivity index (χ1v) is 8.88. The number of likely N-dealkylation sites (tertiary alicyclic amines) is 1. The van der Waals surface area contributed by atoms with Gasteiger partial charge in [0.2, 0.25) is 0 Å². The van der Waals surface area contributed by atoms with Crippen molar-refractivity contribution >= 4 is 5.91 Å². The molecule has 22 heavy (non-hydrogen) atoms. The summed E-state index contributed by atoms with van der Waals surface area (Å²) in [5, 5.41) is 3.08. The van der Waals surface area contributed by atoms with E-state index in [2.05, 4.69) is 29.3 Å². The van der Waals surface area contributed by atoms with Gasteiger partial charge in [-0.1, -0.05) is 12.5 Å². The zero-order valence-electron chi connectivity index (χ0n) is 13.7. The van der Waals surface area contributed by atoms with E-state index in [1.54, 1.807) is 0 Å². The number of amides is 1. The number of carbonyl (C=O) groups excluding carboxylic acids is 1. The van der Waals surface area contributed by atoms with E-state index in [0.717, 1.165) is 31.5 Å². The first-order valence-electron chi connectivity index (χ1n) is 8.88. The van der Waals surface area contributed by atoms with Crippen LogP contribution in [-0.2, 0) is 12.8 Å². The molecule has 3 rings (SSSR count). The molecular formula is C19H28N2O. The number of benzene rings is 1. The predicted molar refractivity (Wildman–Crippen MR) is 90.3 cm³/mol. The number of piperidine rings is 1. The van der Waals surface area contributed by atoms with Gasteiger partial charge in [0.25, 0.3) is 5.91 Å². The van der Waals surface area contributed by atoms with Crippen LogP contribution in [0.15, 0.2) is 18.2 Å². The van der Waals surface area contributed by atoms with E-state index in [4.69, 9.17) is 0 Å². The summed E-state index contributed by atoms with van der Waals surface area (Å²) in [6.07, 6.45) is 8.59. The van der Waals surface area contributed by atoms with Crippen molar-refractivity contribution < 1.29 is 4.79 Å². The Morgan fingerprint density at radius 1 is 1.23 bits per heavy atom. The third-order valence-corrected chi connectivity index (χ3v) is 5.21. The highest BCUT2D eigenvalue weighted by atomic mass is 16.1. The number of aryl methyl sites for hydroxylation is 2. The van der Waals surface area contributed by atoms with Crippen LogP contribution in [0, 0.1) is 0 Å². The zero-order valence-corrected chi connectivity index (χ0v) is 13.7. The molecule has 120 valence electrons. The van der Waals surface area contributed by atoms with Crippen LogP contribution in [-0.4, -0.2) is 36.5 Å². The lowest BCUT2D eigenvalue weighted by molar-refractivity contribution is 0.0949. The van der Waals surface area contributed by atoms with Crippen LogP contribution in [0.2, 0.25) is 0 Å². The molecule has 1 atom stereocenters.